The third-order valence-electron chi connectivity index (χ3n) is 1.98. The monoisotopic (exact) mass is 220 g/mol. The molecule has 0 spiro atoms. The molecule has 1 aromatic carbocycles. The first-order valence-corrected chi connectivity index (χ1v) is 5.04. The molecule has 0 saturated heterocycles. The van der Waals surface area contributed by atoms with Crippen molar-refractivity contribution in [1.29, 1.82) is 0 Å². The van der Waals surface area contributed by atoms with Crippen LogP contribution in [-0.4, -0.2) is 19.7 Å². The fourth-order valence-corrected chi connectivity index (χ4v) is 1.15. The van der Waals surface area contributed by atoms with E-state index in [2.05, 4.69) is 11.3 Å². The van der Waals surface area contributed by atoms with Crippen molar-refractivity contribution in [2.45, 2.75) is 13.3 Å². The van der Waals surface area contributed by atoms with Gasteiger partial charge in [-0.05, 0) is 30.2 Å². The van der Waals surface area contributed by atoms with Crippen LogP contribution in [0.3, 0.4) is 0 Å². The lowest BCUT2D eigenvalue weighted by Crippen LogP contribution is -2.04. The van der Waals surface area contributed by atoms with Gasteiger partial charge in [-0.3, -0.25) is 4.79 Å². The van der Waals surface area contributed by atoms with Crippen LogP contribution >= 0.6 is 0 Å². The van der Waals surface area contributed by atoms with E-state index in [9.17, 15) is 4.79 Å². The van der Waals surface area contributed by atoms with Gasteiger partial charge in [0, 0.05) is 0 Å². The maximum absolute atomic E-state index is 11.0. The van der Waals surface area contributed by atoms with Crippen LogP contribution in [0, 0.1) is 0 Å². The summed E-state index contributed by atoms with van der Waals surface area (Å²) in [5.74, 6) is 0.534. The summed E-state index contributed by atoms with van der Waals surface area (Å²) in [6, 6.07) is 7.37. The number of carbonyl (C=O) groups is 1. The van der Waals surface area contributed by atoms with Crippen molar-refractivity contribution >= 4 is 5.97 Å². The van der Waals surface area contributed by atoms with Gasteiger partial charge in [-0.15, -0.1) is 0 Å². The van der Waals surface area contributed by atoms with Crippen LogP contribution in [-0.2, 0) is 16.0 Å². The van der Waals surface area contributed by atoms with Gasteiger partial charge in [0.25, 0.3) is 0 Å². The Morgan fingerprint density at radius 2 is 1.94 bits per heavy atom. The number of carbonyl (C=O) groups excluding carboxylic acids is 1. The summed E-state index contributed by atoms with van der Waals surface area (Å²) in [5.41, 5.74) is 1.88. The summed E-state index contributed by atoms with van der Waals surface area (Å²) in [4.78, 5) is 11.0. The van der Waals surface area contributed by atoms with E-state index in [0.29, 0.717) is 6.61 Å². The Hall–Kier alpha value is -1.77. The van der Waals surface area contributed by atoms with Crippen LogP contribution in [0.1, 0.15) is 12.5 Å². The lowest BCUT2D eigenvalue weighted by atomic mass is 10.1. The lowest BCUT2D eigenvalue weighted by Gasteiger charge is -2.06. The Morgan fingerprint density at radius 3 is 2.44 bits per heavy atom. The minimum Gasteiger partial charge on any atom is -0.489 e. The third-order valence-corrected chi connectivity index (χ3v) is 1.98. The van der Waals surface area contributed by atoms with Crippen LogP contribution in [0.5, 0.6) is 5.75 Å². The number of esters is 1. The highest BCUT2D eigenvalue weighted by Crippen LogP contribution is 2.13. The molecule has 3 nitrogen and oxygen atoms in total. The number of rotatable bonds is 5. The van der Waals surface area contributed by atoms with Gasteiger partial charge in [0.05, 0.1) is 13.5 Å². The first-order chi connectivity index (χ1) is 7.61. The molecule has 0 heterocycles. The van der Waals surface area contributed by atoms with Gasteiger partial charge in [-0.2, -0.15) is 0 Å². The molecule has 0 unspecified atom stereocenters. The third kappa shape index (κ3) is 4.17. The topological polar surface area (TPSA) is 35.5 Å². The second-order valence-electron chi connectivity index (χ2n) is 3.64. The summed E-state index contributed by atoms with van der Waals surface area (Å²) >= 11 is 0. The van der Waals surface area contributed by atoms with E-state index in [1.54, 1.807) is 0 Å². The average molecular weight is 220 g/mol. The highest BCUT2D eigenvalue weighted by atomic mass is 16.5. The zero-order chi connectivity index (χ0) is 12.0. The molecule has 0 fully saturated rings. The summed E-state index contributed by atoms with van der Waals surface area (Å²) in [7, 11) is 1.38. The van der Waals surface area contributed by atoms with E-state index in [4.69, 9.17) is 4.74 Å². The number of hydrogen-bond acceptors (Lipinski definition) is 3. The van der Waals surface area contributed by atoms with E-state index in [-0.39, 0.29) is 12.4 Å². The molecule has 0 N–H and O–H groups in total. The second-order valence-corrected chi connectivity index (χ2v) is 3.64. The average Bonchev–Trinajstić information content (AvgIpc) is 2.28. The molecule has 0 saturated carbocycles. The SMILES string of the molecule is C=C(C)COc1ccc(CC(=O)OC)cc1. The fraction of sp³-hybridized carbons (Fsp3) is 0.308. The number of benzene rings is 1. The lowest BCUT2D eigenvalue weighted by molar-refractivity contribution is -0.139. The maximum atomic E-state index is 11.0. The molecule has 0 atom stereocenters. The Bertz CT molecular complexity index is 365. The minimum absolute atomic E-state index is 0.240. The predicted octanol–water partition coefficient (Wildman–Crippen LogP) is 2.36. The molecule has 16 heavy (non-hydrogen) atoms. The summed E-state index contributed by atoms with van der Waals surface area (Å²) < 4.78 is 10.0. The van der Waals surface area contributed by atoms with Crippen molar-refractivity contribution < 1.29 is 14.3 Å². The van der Waals surface area contributed by atoms with E-state index in [1.165, 1.54) is 7.11 Å². The standard InChI is InChI=1S/C13H16O3/c1-10(2)9-16-12-6-4-11(5-7-12)8-13(14)15-3/h4-7H,1,8-9H2,2-3H3. The van der Waals surface area contributed by atoms with Crippen molar-refractivity contribution in [3.63, 3.8) is 0 Å². The van der Waals surface area contributed by atoms with Crippen molar-refractivity contribution in [2.75, 3.05) is 13.7 Å². The van der Waals surface area contributed by atoms with Gasteiger partial charge in [0.15, 0.2) is 0 Å². The Morgan fingerprint density at radius 1 is 1.31 bits per heavy atom. The van der Waals surface area contributed by atoms with Gasteiger partial charge < -0.3 is 9.47 Å². The minimum atomic E-state index is -0.240. The normalized spacial score (nSPS) is 9.62. The molecular formula is C13H16O3. The number of hydrogen-bond donors (Lipinski definition) is 0. The zero-order valence-electron chi connectivity index (χ0n) is 9.66. The van der Waals surface area contributed by atoms with E-state index in [0.717, 1.165) is 16.9 Å². The summed E-state index contributed by atoms with van der Waals surface area (Å²) in [5, 5.41) is 0. The van der Waals surface area contributed by atoms with E-state index in [1.807, 2.05) is 31.2 Å². The van der Waals surface area contributed by atoms with Crippen molar-refractivity contribution in [3.05, 3.63) is 42.0 Å². The van der Waals surface area contributed by atoms with Gasteiger partial charge in [0.2, 0.25) is 0 Å². The first-order valence-electron chi connectivity index (χ1n) is 5.04. The Labute approximate surface area is 95.7 Å². The van der Waals surface area contributed by atoms with Gasteiger partial charge in [-0.1, -0.05) is 18.7 Å². The van der Waals surface area contributed by atoms with Crippen LogP contribution in [0.2, 0.25) is 0 Å². The van der Waals surface area contributed by atoms with Gasteiger partial charge >= 0.3 is 5.97 Å². The van der Waals surface area contributed by atoms with Crippen LogP contribution in [0.15, 0.2) is 36.4 Å². The molecule has 86 valence electrons. The van der Waals surface area contributed by atoms with Gasteiger partial charge in [-0.25, -0.2) is 0 Å². The fourth-order valence-electron chi connectivity index (χ4n) is 1.15. The maximum Gasteiger partial charge on any atom is 0.309 e. The quantitative estimate of drug-likeness (QED) is 0.564. The van der Waals surface area contributed by atoms with Crippen LogP contribution in [0.25, 0.3) is 0 Å². The smallest absolute Gasteiger partial charge is 0.309 e. The predicted molar refractivity (Wildman–Crippen MR) is 62.5 cm³/mol. The first kappa shape index (κ1) is 12.3. The molecule has 1 rings (SSSR count). The molecule has 1 aromatic rings. The molecule has 3 heteroatoms. The molecule has 0 aromatic heterocycles. The van der Waals surface area contributed by atoms with Crippen molar-refractivity contribution in [3.8, 4) is 5.75 Å². The van der Waals surface area contributed by atoms with Gasteiger partial charge in [0.1, 0.15) is 12.4 Å². The summed E-state index contributed by atoms with van der Waals surface area (Å²) in [6.45, 7) is 6.17. The molecule has 0 radical (unpaired) electrons. The highest BCUT2D eigenvalue weighted by Gasteiger charge is 2.02. The van der Waals surface area contributed by atoms with E-state index >= 15 is 0 Å². The Kier molecular flexibility index (Phi) is 4.58. The second kappa shape index (κ2) is 5.95. The van der Waals surface area contributed by atoms with Crippen LogP contribution in [0.4, 0.5) is 0 Å². The number of ether oxygens (including phenoxy) is 2. The largest absolute Gasteiger partial charge is 0.489 e. The molecule has 0 amide bonds. The van der Waals surface area contributed by atoms with Crippen LogP contribution < -0.4 is 4.74 Å². The molecule has 0 aliphatic rings. The molecule has 0 bridgehead atoms. The van der Waals surface area contributed by atoms with Crippen molar-refractivity contribution in [2.24, 2.45) is 0 Å². The molecular weight excluding hydrogens is 204 g/mol. The summed E-state index contributed by atoms with van der Waals surface area (Å²) in [6.07, 6.45) is 0.289. The van der Waals surface area contributed by atoms with E-state index < -0.39 is 0 Å². The molecule has 0 aliphatic heterocycles. The zero-order valence-corrected chi connectivity index (χ0v) is 9.66. The molecule has 0 aliphatic carbocycles. The van der Waals surface area contributed by atoms with Crippen molar-refractivity contribution in [1.82, 2.24) is 0 Å². The highest BCUT2D eigenvalue weighted by molar-refractivity contribution is 5.72. The number of methoxy groups -OCH3 is 1. The Balaban J connectivity index is 2.54.